The summed E-state index contributed by atoms with van der Waals surface area (Å²) in [6.45, 7) is 7.25. The van der Waals surface area contributed by atoms with Crippen molar-refractivity contribution in [3.05, 3.63) is 0 Å². The first kappa shape index (κ1) is 12.7. The molecule has 0 bridgehead atoms. The van der Waals surface area contributed by atoms with E-state index in [2.05, 4.69) is 24.1 Å². The van der Waals surface area contributed by atoms with Crippen LogP contribution in [0, 0.1) is 5.92 Å². The molecule has 1 rings (SSSR count). The number of likely N-dealkylation sites (tertiary alicyclic amines) is 1. The molecule has 1 heterocycles. The second-order valence-corrected chi connectivity index (χ2v) is 4.70. The molecule has 0 aromatic carbocycles. The summed E-state index contributed by atoms with van der Waals surface area (Å²) in [6, 6.07) is 0.295. The first-order valence-corrected chi connectivity index (χ1v) is 6.12. The van der Waals surface area contributed by atoms with Crippen LogP contribution < -0.4 is 5.32 Å². The maximum absolute atomic E-state index is 5.36. The van der Waals surface area contributed by atoms with E-state index in [1.807, 2.05) is 0 Å². The number of thiocarbonyl (C=S) groups is 1. The summed E-state index contributed by atoms with van der Waals surface area (Å²) in [5.74, 6) is 0.822. The number of methoxy groups -OCH3 is 1. The third-order valence-electron chi connectivity index (χ3n) is 2.94. The van der Waals surface area contributed by atoms with Crippen molar-refractivity contribution in [3.63, 3.8) is 0 Å². The number of hydrogen-bond acceptors (Lipinski definition) is 2. The summed E-state index contributed by atoms with van der Waals surface area (Å²) >= 11 is 5.36. The van der Waals surface area contributed by atoms with Gasteiger partial charge in [-0.05, 0) is 31.5 Å². The van der Waals surface area contributed by atoms with Crippen molar-refractivity contribution in [2.45, 2.75) is 32.7 Å². The van der Waals surface area contributed by atoms with Gasteiger partial charge in [-0.2, -0.15) is 0 Å². The zero-order valence-electron chi connectivity index (χ0n) is 9.95. The molecular formula is C11H22N2OS. The average molecular weight is 230 g/mol. The van der Waals surface area contributed by atoms with Crippen molar-refractivity contribution in [3.8, 4) is 0 Å². The molecule has 0 spiro atoms. The Labute approximate surface area is 98.2 Å². The van der Waals surface area contributed by atoms with Crippen LogP contribution in [0.1, 0.15) is 26.7 Å². The molecule has 0 aliphatic carbocycles. The maximum Gasteiger partial charge on any atom is 0.169 e. The van der Waals surface area contributed by atoms with Crippen molar-refractivity contribution >= 4 is 17.3 Å². The van der Waals surface area contributed by atoms with Gasteiger partial charge in [0, 0.05) is 26.2 Å². The molecule has 1 fully saturated rings. The fourth-order valence-electron chi connectivity index (χ4n) is 1.94. The highest BCUT2D eigenvalue weighted by atomic mass is 32.1. The molecule has 1 N–H and O–H groups in total. The lowest BCUT2D eigenvalue weighted by molar-refractivity contribution is 0.178. The van der Waals surface area contributed by atoms with E-state index in [0.717, 1.165) is 24.1 Å². The monoisotopic (exact) mass is 230 g/mol. The molecule has 15 heavy (non-hydrogen) atoms. The van der Waals surface area contributed by atoms with Gasteiger partial charge in [0.05, 0.1) is 6.61 Å². The van der Waals surface area contributed by atoms with Crippen molar-refractivity contribution in [1.82, 2.24) is 10.2 Å². The van der Waals surface area contributed by atoms with Crippen LogP contribution in [0.5, 0.6) is 0 Å². The minimum absolute atomic E-state index is 0.295. The average Bonchev–Trinajstić information content (AvgIpc) is 2.66. The van der Waals surface area contributed by atoms with Gasteiger partial charge < -0.3 is 15.0 Å². The summed E-state index contributed by atoms with van der Waals surface area (Å²) in [4.78, 5) is 2.27. The highest BCUT2D eigenvalue weighted by Gasteiger charge is 2.23. The summed E-state index contributed by atoms with van der Waals surface area (Å²) < 4.78 is 5.07. The van der Waals surface area contributed by atoms with Crippen LogP contribution in [0.15, 0.2) is 0 Å². The molecule has 0 aromatic heterocycles. The Kier molecular flexibility index (Phi) is 5.32. The van der Waals surface area contributed by atoms with Crippen molar-refractivity contribution in [2.24, 2.45) is 5.92 Å². The Morgan fingerprint density at radius 2 is 2.40 bits per heavy atom. The molecule has 0 amide bonds. The van der Waals surface area contributed by atoms with E-state index in [4.69, 9.17) is 17.0 Å². The normalized spacial score (nSPS) is 22.9. The van der Waals surface area contributed by atoms with Crippen molar-refractivity contribution < 1.29 is 4.74 Å². The SMILES string of the molecule is CCC1CCN(C(=S)NC(C)COC)C1. The molecule has 4 heteroatoms. The lowest BCUT2D eigenvalue weighted by atomic mass is 10.1. The fourth-order valence-corrected chi connectivity index (χ4v) is 2.31. The van der Waals surface area contributed by atoms with E-state index in [-0.39, 0.29) is 0 Å². The maximum atomic E-state index is 5.36. The van der Waals surface area contributed by atoms with Gasteiger partial charge in [0.15, 0.2) is 5.11 Å². The summed E-state index contributed by atoms with van der Waals surface area (Å²) in [5.41, 5.74) is 0. The number of ether oxygens (including phenoxy) is 1. The van der Waals surface area contributed by atoms with Gasteiger partial charge in [-0.25, -0.2) is 0 Å². The van der Waals surface area contributed by atoms with Gasteiger partial charge >= 0.3 is 0 Å². The predicted molar refractivity (Wildman–Crippen MR) is 67.0 cm³/mol. The number of hydrogen-bond donors (Lipinski definition) is 1. The van der Waals surface area contributed by atoms with Crippen LogP contribution in [0.3, 0.4) is 0 Å². The van der Waals surface area contributed by atoms with Crippen molar-refractivity contribution in [2.75, 3.05) is 26.8 Å². The van der Waals surface area contributed by atoms with Gasteiger partial charge in [-0.3, -0.25) is 0 Å². The third-order valence-corrected chi connectivity index (χ3v) is 3.31. The number of nitrogens with one attached hydrogen (secondary N) is 1. The van der Waals surface area contributed by atoms with Gasteiger partial charge in [0.25, 0.3) is 0 Å². The van der Waals surface area contributed by atoms with E-state index in [1.54, 1.807) is 7.11 Å². The molecule has 0 radical (unpaired) electrons. The lowest BCUT2D eigenvalue weighted by Crippen LogP contribution is -2.44. The van der Waals surface area contributed by atoms with Gasteiger partial charge in [0.2, 0.25) is 0 Å². The third kappa shape index (κ3) is 3.95. The largest absolute Gasteiger partial charge is 0.383 e. The minimum atomic E-state index is 0.295. The van der Waals surface area contributed by atoms with Crippen LogP contribution in [-0.2, 0) is 4.74 Å². The highest BCUT2D eigenvalue weighted by molar-refractivity contribution is 7.80. The molecule has 1 aliphatic heterocycles. The topological polar surface area (TPSA) is 24.5 Å². The predicted octanol–water partition coefficient (Wildman–Crippen LogP) is 1.63. The highest BCUT2D eigenvalue weighted by Crippen LogP contribution is 2.18. The van der Waals surface area contributed by atoms with Gasteiger partial charge in [-0.1, -0.05) is 13.3 Å². The second-order valence-electron chi connectivity index (χ2n) is 4.31. The quantitative estimate of drug-likeness (QED) is 0.742. The van der Waals surface area contributed by atoms with E-state index in [9.17, 15) is 0 Å². The van der Waals surface area contributed by atoms with E-state index in [1.165, 1.54) is 12.8 Å². The molecule has 0 aromatic rings. The first-order chi connectivity index (χ1) is 7.17. The standard InChI is InChI=1S/C11H22N2OS/c1-4-10-5-6-13(7-10)11(15)12-9(2)8-14-3/h9-10H,4-8H2,1-3H3,(H,12,15). The van der Waals surface area contributed by atoms with Gasteiger partial charge in [-0.15, -0.1) is 0 Å². The van der Waals surface area contributed by atoms with Gasteiger partial charge in [0.1, 0.15) is 0 Å². The molecule has 88 valence electrons. The summed E-state index contributed by atoms with van der Waals surface area (Å²) in [6.07, 6.45) is 2.53. The molecule has 1 aliphatic rings. The second kappa shape index (κ2) is 6.28. The molecule has 0 saturated carbocycles. The molecule has 2 atom stereocenters. The number of rotatable bonds is 4. The summed E-state index contributed by atoms with van der Waals surface area (Å²) in [5, 5.41) is 4.18. The van der Waals surface area contributed by atoms with E-state index in [0.29, 0.717) is 12.6 Å². The molecular weight excluding hydrogens is 208 g/mol. The zero-order valence-corrected chi connectivity index (χ0v) is 10.8. The van der Waals surface area contributed by atoms with Crippen molar-refractivity contribution in [1.29, 1.82) is 0 Å². The van der Waals surface area contributed by atoms with Crippen LogP contribution in [0.4, 0.5) is 0 Å². The molecule has 2 unspecified atom stereocenters. The zero-order chi connectivity index (χ0) is 11.3. The fraction of sp³-hybridized carbons (Fsp3) is 0.909. The Morgan fingerprint density at radius 3 is 2.93 bits per heavy atom. The lowest BCUT2D eigenvalue weighted by Gasteiger charge is -2.23. The van der Waals surface area contributed by atoms with E-state index < -0.39 is 0 Å². The summed E-state index contributed by atoms with van der Waals surface area (Å²) in [7, 11) is 1.71. The Hall–Kier alpha value is -0.350. The van der Waals surface area contributed by atoms with Crippen LogP contribution in [-0.4, -0.2) is 42.9 Å². The van der Waals surface area contributed by atoms with E-state index >= 15 is 0 Å². The Balaban J connectivity index is 2.29. The Morgan fingerprint density at radius 1 is 1.67 bits per heavy atom. The molecule has 1 saturated heterocycles. The first-order valence-electron chi connectivity index (χ1n) is 5.71. The van der Waals surface area contributed by atoms with Crippen LogP contribution in [0.25, 0.3) is 0 Å². The van der Waals surface area contributed by atoms with Crippen LogP contribution >= 0.6 is 12.2 Å². The van der Waals surface area contributed by atoms with Crippen LogP contribution in [0.2, 0.25) is 0 Å². The molecule has 3 nitrogen and oxygen atoms in total. The Bertz CT molecular complexity index is 211. The smallest absolute Gasteiger partial charge is 0.169 e. The minimum Gasteiger partial charge on any atom is -0.383 e. The number of nitrogens with zero attached hydrogens (tertiary/aromatic N) is 1.